The van der Waals surface area contributed by atoms with E-state index in [-0.39, 0.29) is 30.5 Å². The molecule has 0 aromatic heterocycles. The van der Waals surface area contributed by atoms with Crippen molar-refractivity contribution in [3.05, 3.63) is 0 Å². The second kappa shape index (κ2) is 4.69. The molecule has 66 valence electrons. The predicted octanol–water partition coefficient (Wildman–Crippen LogP) is -0.780. The van der Waals surface area contributed by atoms with Crippen LogP contribution in [0.25, 0.3) is 0 Å². The lowest BCUT2D eigenvalue weighted by Crippen LogP contribution is -2.37. The van der Waals surface area contributed by atoms with Crippen molar-refractivity contribution in [3.8, 4) is 0 Å². The van der Waals surface area contributed by atoms with Gasteiger partial charge in [-0.3, -0.25) is 14.4 Å². The van der Waals surface area contributed by atoms with E-state index in [9.17, 15) is 14.4 Å². The van der Waals surface area contributed by atoms with Gasteiger partial charge in [-0.15, -0.1) is 0 Å². The first-order valence-electron chi connectivity index (χ1n) is 3.68. The molecule has 0 aliphatic heterocycles. The topological polar surface area (TPSA) is 54.5 Å². The molecule has 5 heteroatoms. The maximum absolute atomic E-state index is 10.8. The first kappa shape index (κ1) is 10.9. The Bertz CT molecular complexity index is 199. The zero-order valence-corrected chi connectivity index (χ0v) is 7.59. The highest BCUT2D eigenvalue weighted by Crippen LogP contribution is 1.90. The minimum Gasteiger partial charge on any atom is -0.337 e. The summed E-state index contributed by atoms with van der Waals surface area (Å²) in [4.78, 5) is 33.3. The van der Waals surface area contributed by atoms with E-state index in [1.165, 1.54) is 26.6 Å². The average Bonchev–Trinajstić information content (AvgIpc) is 1.83. The van der Waals surface area contributed by atoms with Crippen LogP contribution in [0.3, 0.4) is 0 Å². The van der Waals surface area contributed by atoms with Crippen molar-refractivity contribution in [1.82, 2.24) is 4.90 Å². The van der Waals surface area contributed by atoms with E-state index in [0.29, 0.717) is 0 Å². The van der Waals surface area contributed by atoms with Crippen LogP contribution in [0.2, 0.25) is 0 Å². The fourth-order valence-electron chi connectivity index (χ4n) is 0.816. The molecule has 0 aromatic rings. The van der Waals surface area contributed by atoms with Crippen LogP contribution < -0.4 is 0 Å². The Kier molecular flexibility index (Phi) is 4.25. The van der Waals surface area contributed by atoms with Gasteiger partial charge in [0, 0.05) is 0 Å². The molecule has 0 fully saturated rings. The summed E-state index contributed by atoms with van der Waals surface area (Å²) < 4.78 is 0. The van der Waals surface area contributed by atoms with Crippen LogP contribution in [0.5, 0.6) is 0 Å². The van der Waals surface area contributed by atoms with Gasteiger partial charge < -0.3 is 4.90 Å². The number of nitrogens with zero attached hydrogens (tertiary/aromatic N) is 1. The number of amides is 1. The van der Waals surface area contributed by atoms with Gasteiger partial charge in [-0.25, -0.2) is 0 Å². The van der Waals surface area contributed by atoms with Gasteiger partial charge in [0.15, 0.2) is 5.81 Å². The van der Waals surface area contributed by atoms with Crippen molar-refractivity contribution >= 4 is 25.2 Å². The Balaban J connectivity index is 4.14. The molecule has 0 N–H and O–H groups in total. The summed E-state index contributed by atoms with van der Waals surface area (Å²) in [5.74, 6) is -0.488. The van der Waals surface area contributed by atoms with E-state index in [1.807, 2.05) is 0 Å². The van der Waals surface area contributed by atoms with E-state index in [4.69, 9.17) is 0 Å². The van der Waals surface area contributed by atoms with Crippen LogP contribution in [0.15, 0.2) is 0 Å². The Labute approximate surface area is 72.3 Å². The standard InChI is InChI=1S/C7H12BNO3/c1-5(10)3-9(7(8)12)4-6(2)11/h3-4,8H2,1-2H3. The number of rotatable bonds is 4. The van der Waals surface area contributed by atoms with Gasteiger partial charge >= 0.3 is 0 Å². The van der Waals surface area contributed by atoms with Gasteiger partial charge in [0.25, 0.3) is 0 Å². The molecule has 0 saturated carbocycles. The number of Topliss-reactive ketones (excluding diaryl/α,β-unsaturated/α-hetero) is 2. The number of carbonyl (C=O) groups excluding carboxylic acids is 3. The van der Waals surface area contributed by atoms with E-state index in [1.54, 1.807) is 0 Å². The molecule has 0 spiro atoms. The third kappa shape index (κ3) is 4.65. The van der Waals surface area contributed by atoms with Crippen molar-refractivity contribution in [2.75, 3.05) is 13.1 Å². The van der Waals surface area contributed by atoms with Gasteiger partial charge in [-0.1, -0.05) is 0 Å². The van der Waals surface area contributed by atoms with Crippen molar-refractivity contribution < 1.29 is 14.4 Å². The Morgan fingerprint density at radius 1 is 1.08 bits per heavy atom. The van der Waals surface area contributed by atoms with E-state index >= 15 is 0 Å². The van der Waals surface area contributed by atoms with E-state index < -0.39 is 0 Å². The number of hydrogen-bond donors (Lipinski definition) is 0. The van der Waals surface area contributed by atoms with Crippen molar-refractivity contribution in [2.24, 2.45) is 0 Å². The summed E-state index contributed by atoms with van der Waals surface area (Å²) in [6.07, 6.45) is 0. The van der Waals surface area contributed by atoms with Crippen LogP contribution in [-0.4, -0.2) is 43.2 Å². The molecule has 0 aromatic carbocycles. The van der Waals surface area contributed by atoms with Crippen LogP contribution in [0, 0.1) is 0 Å². The van der Waals surface area contributed by atoms with Gasteiger partial charge in [0.2, 0.25) is 7.85 Å². The second-order valence-corrected chi connectivity index (χ2v) is 2.78. The van der Waals surface area contributed by atoms with E-state index in [0.717, 1.165) is 0 Å². The lowest BCUT2D eigenvalue weighted by atomic mass is 10.1. The van der Waals surface area contributed by atoms with E-state index in [2.05, 4.69) is 0 Å². The number of carbonyl (C=O) groups is 3. The Morgan fingerprint density at radius 3 is 1.58 bits per heavy atom. The van der Waals surface area contributed by atoms with Crippen LogP contribution in [0.4, 0.5) is 4.79 Å². The summed E-state index contributed by atoms with van der Waals surface area (Å²) >= 11 is 0. The first-order valence-corrected chi connectivity index (χ1v) is 3.68. The SMILES string of the molecule is BC(=O)N(CC(C)=O)CC(C)=O. The molecule has 0 aliphatic carbocycles. The minimum absolute atomic E-state index is 0.0227. The fraction of sp³-hybridized carbons (Fsp3) is 0.571. The Morgan fingerprint density at radius 2 is 1.42 bits per heavy atom. The first-order chi connectivity index (χ1) is 5.43. The van der Waals surface area contributed by atoms with Gasteiger partial charge in [0.1, 0.15) is 11.6 Å². The lowest BCUT2D eigenvalue weighted by molar-refractivity contribution is -0.119. The van der Waals surface area contributed by atoms with Crippen LogP contribution in [-0.2, 0) is 9.59 Å². The largest absolute Gasteiger partial charge is 0.337 e. The highest BCUT2D eigenvalue weighted by molar-refractivity contribution is 6.57. The van der Waals surface area contributed by atoms with Crippen LogP contribution in [0.1, 0.15) is 13.8 Å². The molecule has 0 unspecified atom stereocenters. The molecule has 0 rings (SSSR count). The van der Waals surface area contributed by atoms with Crippen molar-refractivity contribution in [3.63, 3.8) is 0 Å². The molecular weight excluding hydrogens is 157 g/mol. The maximum atomic E-state index is 10.8. The molecule has 0 saturated heterocycles. The normalized spacial score (nSPS) is 9.17. The predicted molar refractivity (Wildman–Crippen MR) is 46.9 cm³/mol. The monoisotopic (exact) mass is 169 g/mol. The molecule has 12 heavy (non-hydrogen) atoms. The number of ketones is 2. The second-order valence-electron chi connectivity index (χ2n) is 2.78. The van der Waals surface area contributed by atoms with Crippen LogP contribution >= 0.6 is 0 Å². The summed E-state index contributed by atoms with van der Waals surface area (Å²) in [7, 11) is 1.34. The number of hydrogen-bond acceptors (Lipinski definition) is 3. The maximum Gasteiger partial charge on any atom is 0.215 e. The molecular formula is C7H12BNO3. The summed E-state index contributed by atoms with van der Waals surface area (Å²) in [5.41, 5.74) is 0. The third-order valence-corrected chi connectivity index (χ3v) is 1.27. The van der Waals surface area contributed by atoms with Gasteiger partial charge in [-0.2, -0.15) is 0 Å². The molecule has 0 heterocycles. The van der Waals surface area contributed by atoms with Crippen molar-refractivity contribution in [1.29, 1.82) is 0 Å². The summed E-state index contributed by atoms with van der Waals surface area (Å²) in [6.45, 7) is 2.82. The molecule has 4 nitrogen and oxygen atoms in total. The summed E-state index contributed by atoms with van der Waals surface area (Å²) in [6, 6.07) is 0. The quantitative estimate of drug-likeness (QED) is 0.518. The fourth-order valence-corrected chi connectivity index (χ4v) is 0.816. The van der Waals surface area contributed by atoms with Gasteiger partial charge in [-0.05, 0) is 13.8 Å². The third-order valence-electron chi connectivity index (χ3n) is 1.27. The summed E-state index contributed by atoms with van der Waals surface area (Å²) in [5, 5.41) is 0. The zero-order valence-electron chi connectivity index (χ0n) is 7.59. The average molecular weight is 169 g/mol. The van der Waals surface area contributed by atoms with Crippen molar-refractivity contribution in [2.45, 2.75) is 13.8 Å². The molecule has 0 aliphatic rings. The molecule has 0 atom stereocenters. The van der Waals surface area contributed by atoms with Gasteiger partial charge in [0.05, 0.1) is 13.1 Å². The molecule has 0 bridgehead atoms. The highest BCUT2D eigenvalue weighted by atomic mass is 16.2. The Hall–Kier alpha value is -1.13. The zero-order chi connectivity index (χ0) is 9.72. The minimum atomic E-state index is -0.250. The molecule has 1 amide bonds. The lowest BCUT2D eigenvalue weighted by Gasteiger charge is -2.17. The molecule has 0 radical (unpaired) electrons. The highest BCUT2D eigenvalue weighted by Gasteiger charge is 2.11. The smallest absolute Gasteiger partial charge is 0.215 e.